The molecule has 20 heavy (non-hydrogen) atoms. The molecule has 2 fully saturated rings. The van der Waals surface area contributed by atoms with Crippen molar-refractivity contribution in [2.75, 3.05) is 52.6 Å². The number of aryl methyl sites for hydroxylation is 1. The van der Waals surface area contributed by atoms with Gasteiger partial charge in [-0.05, 0) is 6.07 Å². The van der Waals surface area contributed by atoms with E-state index in [-0.39, 0.29) is 0 Å². The third-order valence-corrected chi connectivity index (χ3v) is 7.17. The van der Waals surface area contributed by atoms with Crippen molar-refractivity contribution < 1.29 is 14.0 Å². The minimum Gasteiger partial charge on any atom is -0.379 e. The topological polar surface area (TPSA) is 46.9 Å². The van der Waals surface area contributed by atoms with Crippen molar-refractivity contribution >= 4 is 12.7 Å². The summed E-state index contributed by atoms with van der Waals surface area (Å²) in [5.41, 5.74) is 0. The number of ether oxygens (including phenoxy) is 2. The van der Waals surface area contributed by atoms with Crippen LogP contribution in [-0.2, 0) is 21.1 Å². The van der Waals surface area contributed by atoms with Crippen LogP contribution >= 0.6 is 7.44 Å². The largest absolute Gasteiger partial charge is 0.379 e. The molecule has 6 nitrogen and oxygen atoms in total. The van der Waals surface area contributed by atoms with Crippen molar-refractivity contribution in [1.82, 2.24) is 13.9 Å². The summed E-state index contributed by atoms with van der Waals surface area (Å²) < 4.78 is 30.9. The highest BCUT2D eigenvalue weighted by Gasteiger charge is 2.40. The summed E-state index contributed by atoms with van der Waals surface area (Å²) in [6.45, 7) is 5.52. The van der Waals surface area contributed by atoms with Crippen molar-refractivity contribution in [3.8, 4) is 0 Å². The van der Waals surface area contributed by atoms with Gasteiger partial charge in [-0.25, -0.2) is 9.34 Å². The Morgan fingerprint density at radius 1 is 1.00 bits per heavy atom. The Hall–Kier alpha value is -0.650. The van der Waals surface area contributed by atoms with Crippen LogP contribution in [0.5, 0.6) is 0 Å². The van der Waals surface area contributed by atoms with Gasteiger partial charge in [-0.15, -0.1) is 0 Å². The lowest BCUT2D eigenvalue weighted by molar-refractivity contribution is 0.0538. The molecule has 1 aromatic heterocycles. The molecular formula is C13H22N3O3P. The van der Waals surface area contributed by atoms with E-state index in [2.05, 4.69) is 9.34 Å². The third-order valence-electron chi connectivity index (χ3n) is 3.89. The van der Waals surface area contributed by atoms with Crippen molar-refractivity contribution in [1.29, 1.82) is 0 Å². The Morgan fingerprint density at radius 2 is 1.50 bits per heavy atom. The van der Waals surface area contributed by atoms with Crippen LogP contribution in [0.1, 0.15) is 0 Å². The lowest BCUT2D eigenvalue weighted by atomic mass is 10.5. The summed E-state index contributed by atoms with van der Waals surface area (Å²) >= 11 is 0. The number of hydrogen-bond acceptors (Lipinski definition) is 3. The number of morpholine rings is 2. The lowest BCUT2D eigenvalue weighted by Gasteiger charge is -2.41. The zero-order chi connectivity index (χ0) is 14.0. The Morgan fingerprint density at radius 3 is 1.90 bits per heavy atom. The van der Waals surface area contributed by atoms with Gasteiger partial charge in [-0.2, -0.15) is 0 Å². The van der Waals surface area contributed by atoms with Gasteiger partial charge in [0.1, 0.15) is 0 Å². The third kappa shape index (κ3) is 2.59. The van der Waals surface area contributed by atoms with E-state index in [1.807, 2.05) is 30.1 Å². The average molecular weight is 299 g/mol. The minimum atomic E-state index is -2.72. The zero-order valence-corrected chi connectivity index (χ0v) is 12.8. The maximum atomic E-state index is 13.9. The van der Waals surface area contributed by atoms with E-state index in [0.717, 1.165) is 31.5 Å². The van der Waals surface area contributed by atoms with Crippen LogP contribution in [0, 0.1) is 0 Å². The molecule has 2 aliphatic rings. The number of hydrogen-bond donors (Lipinski definition) is 0. The first-order valence-electron chi connectivity index (χ1n) is 7.10. The molecule has 3 heterocycles. The molecule has 0 unspecified atom stereocenters. The van der Waals surface area contributed by atoms with Crippen LogP contribution in [0.25, 0.3) is 0 Å². The molecule has 3 rings (SSSR count). The zero-order valence-electron chi connectivity index (χ0n) is 11.9. The van der Waals surface area contributed by atoms with Crippen LogP contribution < -0.4 is 5.30 Å². The van der Waals surface area contributed by atoms with Crippen molar-refractivity contribution in [2.24, 2.45) is 7.05 Å². The standard InChI is InChI=1S/C13H22N3O3P/c1-14-3-2-13(12-14)20(17,15-4-8-18-9-5-15)16-6-10-19-11-7-16/h2-3,12H,4-11H2,1H3. The van der Waals surface area contributed by atoms with Crippen LogP contribution in [-0.4, -0.2) is 66.5 Å². The lowest BCUT2D eigenvalue weighted by Crippen LogP contribution is -2.46. The second kappa shape index (κ2) is 6.00. The fourth-order valence-corrected chi connectivity index (χ4v) is 5.83. The summed E-state index contributed by atoms with van der Waals surface area (Å²) in [5, 5.41) is 0.920. The van der Waals surface area contributed by atoms with Crippen molar-refractivity contribution in [3.63, 3.8) is 0 Å². The van der Waals surface area contributed by atoms with Crippen LogP contribution in [0.3, 0.4) is 0 Å². The van der Waals surface area contributed by atoms with Crippen LogP contribution in [0.2, 0.25) is 0 Å². The Kier molecular flexibility index (Phi) is 4.29. The molecule has 2 saturated heterocycles. The highest BCUT2D eigenvalue weighted by molar-refractivity contribution is 7.67. The number of rotatable bonds is 3. The molecular weight excluding hydrogens is 277 g/mol. The first-order chi connectivity index (χ1) is 9.71. The molecule has 0 aromatic carbocycles. The normalized spacial score (nSPS) is 23.1. The van der Waals surface area contributed by atoms with Crippen LogP contribution in [0.4, 0.5) is 0 Å². The fraction of sp³-hybridized carbons (Fsp3) is 0.692. The fourth-order valence-electron chi connectivity index (χ4n) is 2.82. The SMILES string of the molecule is Cn1ccc(P(=O)(N2CCOCC2)N2CCOCC2)c1. The summed E-state index contributed by atoms with van der Waals surface area (Å²) in [5.74, 6) is 0. The van der Waals surface area contributed by atoms with Crippen LogP contribution in [0.15, 0.2) is 18.5 Å². The van der Waals surface area contributed by atoms with Crippen molar-refractivity contribution in [2.45, 2.75) is 0 Å². The summed E-state index contributed by atoms with van der Waals surface area (Å²) in [7, 11) is -0.751. The Bertz CT molecular complexity index is 471. The first-order valence-corrected chi connectivity index (χ1v) is 8.71. The van der Waals surface area contributed by atoms with E-state index in [1.165, 1.54) is 0 Å². The molecule has 7 heteroatoms. The quantitative estimate of drug-likeness (QED) is 0.761. The smallest absolute Gasteiger partial charge is 0.247 e. The molecule has 0 N–H and O–H groups in total. The van der Waals surface area contributed by atoms with Gasteiger partial charge in [-0.1, -0.05) is 0 Å². The van der Waals surface area contributed by atoms with Gasteiger partial charge in [-0.3, -0.25) is 4.57 Å². The highest BCUT2D eigenvalue weighted by Crippen LogP contribution is 2.52. The molecule has 0 saturated carbocycles. The average Bonchev–Trinajstić information content (AvgIpc) is 2.95. The molecule has 0 aliphatic carbocycles. The predicted molar refractivity (Wildman–Crippen MR) is 77.4 cm³/mol. The monoisotopic (exact) mass is 299 g/mol. The first kappa shape index (κ1) is 14.3. The number of aromatic nitrogens is 1. The number of nitrogens with zero attached hydrogens (tertiary/aromatic N) is 3. The van der Waals surface area contributed by atoms with Gasteiger partial charge >= 0.3 is 0 Å². The maximum absolute atomic E-state index is 13.9. The maximum Gasteiger partial charge on any atom is 0.247 e. The van der Waals surface area contributed by atoms with Gasteiger partial charge < -0.3 is 14.0 Å². The minimum absolute atomic E-state index is 0.654. The highest BCUT2D eigenvalue weighted by atomic mass is 31.2. The second-order valence-corrected chi connectivity index (χ2v) is 7.95. The van der Waals surface area contributed by atoms with Gasteiger partial charge in [0.05, 0.1) is 31.7 Å². The second-order valence-electron chi connectivity index (χ2n) is 5.21. The Balaban J connectivity index is 1.94. The molecule has 0 radical (unpaired) electrons. The molecule has 0 spiro atoms. The van der Waals surface area contributed by atoms with E-state index < -0.39 is 7.44 Å². The Labute approximate surface area is 119 Å². The summed E-state index contributed by atoms with van der Waals surface area (Å²) in [4.78, 5) is 0. The molecule has 0 bridgehead atoms. The molecule has 0 atom stereocenters. The predicted octanol–water partition coefficient (Wildman–Crippen LogP) is 0.508. The van der Waals surface area contributed by atoms with Gasteiger partial charge in [0.2, 0.25) is 7.44 Å². The van der Waals surface area contributed by atoms with E-state index in [4.69, 9.17) is 9.47 Å². The molecule has 2 aliphatic heterocycles. The summed E-state index contributed by atoms with van der Waals surface area (Å²) in [6, 6.07) is 1.98. The van der Waals surface area contributed by atoms with Gasteiger partial charge in [0, 0.05) is 45.6 Å². The van der Waals surface area contributed by atoms with E-state index in [0.29, 0.717) is 26.4 Å². The van der Waals surface area contributed by atoms with Gasteiger partial charge in [0.15, 0.2) is 0 Å². The molecule has 1 aromatic rings. The van der Waals surface area contributed by atoms with E-state index in [9.17, 15) is 4.57 Å². The molecule has 112 valence electrons. The summed E-state index contributed by atoms with van der Waals surface area (Å²) in [6.07, 6.45) is 3.94. The van der Waals surface area contributed by atoms with E-state index in [1.54, 1.807) is 0 Å². The van der Waals surface area contributed by atoms with E-state index >= 15 is 0 Å². The molecule has 0 amide bonds. The van der Waals surface area contributed by atoms with Crippen molar-refractivity contribution in [3.05, 3.63) is 18.5 Å². The van der Waals surface area contributed by atoms with Gasteiger partial charge in [0.25, 0.3) is 0 Å².